The van der Waals surface area contributed by atoms with Gasteiger partial charge in [-0.05, 0) is 32.4 Å². The van der Waals surface area contributed by atoms with Gasteiger partial charge in [-0.3, -0.25) is 4.68 Å². The molecule has 0 aromatic carbocycles. The van der Waals surface area contributed by atoms with Crippen LogP contribution in [0.2, 0.25) is 0 Å². The van der Waals surface area contributed by atoms with Gasteiger partial charge in [-0.15, -0.1) is 11.3 Å². The zero-order chi connectivity index (χ0) is 13.3. The fraction of sp³-hybridized carbons (Fsp3) is 0.385. The van der Waals surface area contributed by atoms with Gasteiger partial charge >= 0.3 is 5.97 Å². The van der Waals surface area contributed by atoms with Crippen molar-refractivity contribution >= 4 is 17.3 Å². The number of aryl methyl sites for hydroxylation is 2. The van der Waals surface area contributed by atoms with Gasteiger partial charge in [0.2, 0.25) is 0 Å². The predicted molar refractivity (Wildman–Crippen MR) is 71.5 cm³/mol. The number of carbonyl (C=O) groups is 1. The van der Waals surface area contributed by atoms with Crippen molar-refractivity contribution in [3.63, 3.8) is 0 Å². The molecule has 18 heavy (non-hydrogen) atoms. The number of hydrogen-bond donors (Lipinski definition) is 1. The van der Waals surface area contributed by atoms with E-state index in [4.69, 9.17) is 5.11 Å². The number of thiophene rings is 1. The summed E-state index contributed by atoms with van der Waals surface area (Å²) in [5, 5.41) is 13.4. The lowest BCUT2D eigenvalue weighted by Gasteiger charge is -2.02. The summed E-state index contributed by atoms with van der Waals surface area (Å²) < 4.78 is 1.77. The first kappa shape index (κ1) is 12.8. The van der Waals surface area contributed by atoms with E-state index in [1.165, 1.54) is 9.75 Å². The standard InChI is InChI=1S/C13H16N2O2S/c1-4-10-5-6-11(18-10)7-15-9(3)12(13(16)17)8(2)14-15/h5-6H,4,7H2,1-3H3,(H,16,17). The van der Waals surface area contributed by atoms with Crippen molar-refractivity contribution in [2.75, 3.05) is 0 Å². The summed E-state index contributed by atoms with van der Waals surface area (Å²) in [6, 6.07) is 4.20. The molecule has 4 nitrogen and oxygen atoms in total. The molecule has 0 spiro atoms. The second-order valence-electron chi connectivity index (χ2n) is 4.23. The lowest BCUT2D eigenvalue weighted by Crippen LogP contribution is -2.04. The third-order valence-electron chi connectivity index (χ3n) is 2.97. The minimum Gasteiger partial charge on any atom is -0.478 e. The summed E-state index contributed by atoms with van der Waals surface area (Å²) in [4.78, 5) is 13.6. The summed E-state index contributed by atoms with van der Waals surface area (Å²) in [6.07, 6.45) is 1.03. The van der Waals surface area contributed by atoms with Crippen LogP contribution < -0.4 is 0 Å². The number of rotatable bonds is 4. The van der Waals surface area contributed by atoms with Gasteiger partial charge in [0.1, 0.15) is 5.56 Å². The zero-order valence-electron chi connectivity index (χ0n) is 10.7. The Bertz CT molecular complexity index is 584. The molecule has 0 radical (unpaired) electrons. The van der Waals surface area contributed by atoms with Crippen LogP contribution >= 0.6 is 11.3 Å². The highest BCUT2D eigenvalue weighted by atomic mass is 32.1. The molecular weight excluding hydrogens is 248 g/mol. The van der Waals surface area contributed by atoms with Gasteiger partial charge in [-0.1, -0.05) is 6.92 Å². The lowest BCUT2D eigenvalue weighted by molar-refractivity contribution is 0.0695. The van der Waals surface area contributed by atoms with Crippen LogP contribution in [-0.2, 0) is 13.0 Å². The second kappa shape index (κ2) is 4.94. The number of carboxylic acids is 1. The Hall–Kier alpha value is -1.62. The van der Waals surface area contributed by atoms with Crippen LogP contribution in [0, 0.1) is 13.8 Å². The number of aromatic nitrogens is 2. The molecule has 0 aliphatic rings. The second-order valence-corrected chi connectivity index (χ2v) is 5.48. The molecule has 0 fully saturated rings. The molecular formula is C13H16N2O2S. The molecule has 2 aromatic rings. The highest BCUT2D eigenvalue weighted by Crippen LogP contribution is 2.20. The normalized spacial score (nSPS) is 10.8. The minimum atomic E-state index is -0.906. The Balaban J connectivity index is 2.29. The van der Waals surface area contributed by atoms with E-state index in [2.05, 4.69) is 24.2 Å². The van der Waals surface area contributed by atoms with Gasteiger partial charge in [0.15, 0.2) is 0 Å². The molecule has 0 unspecified atom stereocenters. The van der Waals surface area contributed by atoms with Gasteiger partial charge < -0.3 is 5.11 Å². The Morgan fingerprint density at radius 2 is 2.06 bits per heavy atom. The molecule has 0 bridgehead atoms. The van der Waals surface area contributed by atoms with E-state index in [1.807, 2.05) is 0 Å². The van der Waals surface area contributed by atoms with Crippen molar-refractivity contribution in [2.45, 2.75) is 33.7 Å². The van der Waals surface area contributed by atoms with Crippen molar-refractivity contribution in [3.05, 3.63) is 38.8 Å². The molecule has 2 rings (SSSR count). The van der Waals surface area contributed by atoms with Gasteiger partial charge in [-0.2, -0.15) is 5.10 Å². The summed E-state index contributed by atoms with van der Waals surface area (Å²) in [5.41, 5.74) is 1.61. The SMILES string of the molecule is CCc1ccc(Cn2nc(C)c(C(=O)O)c2C)s1. The smallest absolute Gasteiger partial charge is 0.339 e. The average molecular weight is 264 g/mol. The Morgan fingerprint density at radius 3 is 2.56 bits per heavy atom. The highest BCUT2D eigenvalue weighted by Gasteiger charge is 2.17. The van der Waals surface area contributed by atoms with E-state index in [1.54, 1.807) is 29.9 Å². The van der Waals surface area contributed by atoms with Crippen molar-refractivity contribution < 1.29 is 9.90 Å². The lowest BCUT2D eigenvalue weighted by atomic mass is 10.2. The fourth-order valence-electron chi connectivity index (χ4n) is 2.01. The summed E-state index contributed by atoms with van der Waals surface area (Å²) in [5.74, 6) is -0.906. The van der Waals surface area contributed by atoms with E-state index < -0.39 is 5.97 Å². The molecule has 0 aliphatic carbocycles. The zero-order valence-corrected chi connectivity index (χ0v) is 11.5. The van der Waals surface area contributed by atoms with Crippen molar-refractivity contribution in [2.24, 2.45) is 0 Å². The number of nitrogens with zero attached hydrogens (tertiary/aromatic N) is 2. The average Bonchev–Trinajstić information content (AvgIpc) is 2.85. The first-order chi connectivity index (χ1) is 8.52. The molecule has 2 aromatic heterocycles. The number of carboxylic acid groups (broad SMARTS) is 1. The minimum absolute atomic E-state index is 0.322. The van der Waals surface area contributed by atoms with Crippen molar-refractivity contribution in [1.82, 2.24) is 9.78 Å². The van der Waals surface area contributed by atoms with E-state index in [9.17, 15) is 4.79 Å². The maximum absolute atomic E-state index is 11.1. The number of hydrogen-bond acceptors (Lipinski definition) is 3. The molecule has 0 amide bonds. The van der Waals surface area contributed by atoms with Gasteiger partial charge in [0.05, 0.1) is 17.9 Å². The van der Waals surface area contributed by atoms with Gasteiger partial charge in [0.25, 0.3) is 0 Å². The molecule has 0 saturated heterocycles. The monoisotopic (exact) mass is 264 g/mol. The molecule has 5 heteroatoms. The quantitative estimate of drug-likeness (QED) is 0.923. The van der Waals surface area contributed by atoms with E-state index in [0.717, 1.165) is 6.42 Å². The van der Waals surface area contributed by atoms with E-state index >= 15 is 0 Å². The first-order valence-electron chi connectivity index (χ1n) is 5.87. The van der Waals surface area contributed by atoms with Crippen LogP contribution in [0.5, 0.6) is 0 Å². The van der Waals surface area contributed by atoms with Crippen LogP contribution in [0.4, 0.5) is 0 Å². The largest absolute Gasteiger partial charge is 0.478 e. The van der Waals surface area contributed by atoms with E-state index in [-0.39, 0.29) is 0 Å². The fourth-order valence-corrected chi connectivity index (χ4v) is 2.95. The van der Waals surface area contributed by atoms with Gasteiger partial charge in [0, 0.05) is 9.75 Å². The van der Waals surface area contributed by atoms with Gasteiger partial charge in [-0.25, -0.2) is 4.79 Å². The molecule has 1 N–H and O–H groups in total. The topological polar surface area (TPSA) is 55.1 Å². The number of aromatic carboxylic acids is 1. The Morgan fingerprint density at radius 1 is 1.39 bits per heavy atom. The van der Waals surface area contributed by atoms with Crippen molar-refractivity contribution in [1.29, 1.82) is 0 Å². The third kappa shape index (κ3) is 2.31. The van der Waals surface area contributed by atoms with Crippen LogP contribution in [0.25, 0.3) is 0 Å². The Kier molecular flexibility index (Phi) is 3.52. The van der Waals surface area contributed by atoms with Crippen LogP contribution in [0.3, 0.4) is 0 Å². The summed E-state index contributed by atoms with van der Waals surface area (Å²) in [7, 11) is 0. The molecule has 0 saturated carbocycles. The predicted octanol–water partition coefficient (Wildman–Crippen LogP) is 2.87. The first-order valence-corrected chi connectivity index (χ1v) is 6.69. The molecule has 0 aliphatic heterocycles. The molecule has 2 heterocycles. The maximum atomic E-state index is 11.1. The Labute approximate surface area is 110 Å². The third-order valence-corrected chi connectivity index (χ3v) is 4.18. The van der Waals surface area contributed by atoms with Crippen molar-refractivity contribution in [3.8, 4) is 0 Å². The molecule has 96 valence electrons. The van der Waals surface area contributed by atoms with Crippen LogP contribution in [0.1, 0.15) is 38.4 Å². The summed E-state index contributed by atoms with van der Waals surface area (Å²) >= 11 is 1.75. The maximum Gasteiger partial charge on any atom is 0.339 e. The van der Waals surface area contributed by atoms with Crippen LogP contribution in [0.15, 0.2) is 12.1 Å². The van der Waals surface area contributed by atoms with Crippen LogP contribution in [-0.4, -0.2) is 20.9 Å². The molecule has 0 atom stereocenters. The van der Waals surface area contributed by atoms with E-state index in [0.29, 0.717) is 23.5 Å². The highest BCUT2D eigenvalue weighted by molar-refractivity contribution is 7.11. The summed E-state index contributed by atoms with van der Waals surface area (Å²) in [6.45, 7) is 6.31.